The predicted molar refractivity (Wildman–Crippen MR) is 87.0 cm³/mol. The van der Waals surface area contributed by atoms with Gasteiger partial charge >= 0.3 is 0 Å². The molecule has 4 nitrogen and oxygen atoms in total. The Morgan fingerprint density at radius 1 is 1.38 bits per heavy atom. The molecule has 0 heterocycles. The fourth-order valence-electron chi connectivity index (χ4n) is 2.13. The third kappa shape index (κ3) is 6.36. The van der Waals surface area contributed by atoms with E-state index in [1.165, 1.54) is 0 Å². The van der Waals surface area contributed by atoms with Crippen molar-refractivity contribution in [3.05, 3.63) is 29.8 Å². The summed E-state index contributed by atoms with van der Waals surface area (Å²) in [5.41, 5.74) is 1.13. The number of rotatable bonds is 9. The van der Waals surface area contributed by atoms with Crippen molar-refractivity contribution in [3.8, 4) is 5.75 Å². The molecule has 1 rings (SSSR count). The summed E-state index contributed by atoms with van der Waals surface area (Å²) in [6, 6.07) is 8.06. The molecule has 1 N–H and O–H groups in total. The number of unbranched alkanes of at least 4 members (excludes halogenated alkanes) is 1. The van der Waals surface area contributed by atoms with Crippen LogP contribution in [0.25, 0.3) is 0 Å². The molecule has 5 heteroatoms. The minimum Gasteiger partial charge on any atom is -0.497 e. The zero-order chi connectivity index (χ0) is 15.7. The van der Waals surface area contributed by atoms with Gasteiger partial charge in [-0.3, -0.25) is 4.79 Å². The second-order valence-corrected chi connectivity index (χ2v) is 5.58. The van der Waals surface area contributed by atoms with Gasteiger partial charge in [0.25, 0.3) is 0 Å². The molecule has 1 atom stereocenters. The van der Waals surface area contributed by atoms with Gasteiger partial charge in [0.2, 0.25) is 5.91 Å². The van der Waals surface area contributed by atoms with Gasteiger partial charge < -0.3 is 15.0 Å². The van der Waals surface area contributed by atoms with Crippen LogP contribution in [0.5, 0.6) is 5.75 Å². The molecule has 0 spiro atoms. The molecule has 0 aromatic heterocycles. The van der Waals surface area contributed by atoms with Gasteiger partial charge in [-0.1, -0.05) is 12.1 Å². The number of amides is 1. The van der Waals surface area contributed by atoms with Crippen LogP contribution in [0.3, 0.4) is 0 Å². The lowest BCUT2D eigenvalue weighted by Crippen LogP contribution is -2.34. The number of ether oxygens (including phenoxy) is 1. The number of hydrogen-bond acceptors (Lipinski definition) is 3. The molecule has 0 saturated carbocycles. The van der Waals surface area contributed by atoms with Gasteiger partial charge in [-0.25, -0.2) is 0 Å². The molecular formula is C16H25ClN2O2. The van der Waals surface area contributed by atoms with E-state index in [2.05, 4.69) is 10.2 Å². The van der Waals surface area contributed by atoms with E-state index in [9.17, 15) is 4.79 Å². The van der Waals surface area contributed by atoms with E-state index in [4.69, 9.17) is 16.3 Å². The predicted octanol–water partition coefficient (Wildman–Crippen LogP) is 2.82. The Kier molecular flexibility index (Phi) is 8.16. The highest BCUT2D eigenvalue weighted by Gasteiger charge is 2.15. The first kappa shape index (κ1) is 17.8. The van der Waals surface area contributed by atoms with Gasteiger partial charge in [0, 0.05) is 18.8 Å². The second kappa shape index (κ2) is 9.64. The Morgan fingerprint density at radius 2 is 2.14 bits per heavy atom. The van der Waals surface area contributed by atoms with E-state index < -0.39 is 0 Å². The summed E-state index contributed by atoms with van der Waals surface area (Å²) in [4.78, 5) is 13.9. The number of nitrogens with zero attached hydrogens (tertiary/aromatic N) is 1. The third-order valence-electron chi connectivity index (χ3n) is 3.38. The lowest BCUT2D eigenvalue weighted by atomic mass is 10.1. The van der Waals surface area contributed by atoms with Gasteiger partial charge in [0.05, 0.1) is 13.2 Å². The quantitative estimate of drug-likeness (QED) is 0.563. The van der Waals surface area contributed by atoms with Crippen LogP contribution >= 0.6 is 11.6 Å². The van der Waals surface area contributed by atoms with E-state index in [0.29, 0.717) is 18.8 Å². The van der Waals surface area contributed by atoms with Crippen LogP contribution in [0.4, 0.5) is 0 Å². The van der Waals surface area contributed by atoms with Gasteiger partial charge in [-0.15, -0.1) is 11.6 Å². The number of carbonyl (C=O) groups is 1. The molecule has 0 radical (unpaired) electrons. The maximum atomic E-state index is 11.8. The molecule has 0 saturated heterocycles. The van der Waals surface area contributed by atoms with Gasteiger partial charge in [0.1, 0.15) is 5.75 Å². The number of benzene rings is 1. The standard InChI is InChI=1S/C16H25ClN2O2/c1-19(2)15(12-18-16(20)9-4-5-10-17)13-7-6-8-14(11-13)21-3/h6-8,11,15H,4-5,9-10,12H2,1-3H3,(H,18,20). The van der Waals surface area contributed by atoms with Crippen molar-refractivity contribution in [2.24, 2.45) is 0 Å². The number of halogens is 1. The van der Waals surface area contributed by atoms with Crippen molar-refractivity contribution >= 4 is 17.5 Å². The topological polar surface area (TPSA) is 41.6 Å². The van der Waals surface area contributed by atoms with Crippen LogP contribution in [-0.2, 0) is 4.79 Å². The summed E-state index contributed by atoms with van der Waals surface area (Å²) in [6.45, 7) is 0.583. The van der Waals surface area contributed by atoms with Crippen molar-refractivity contribution in [3.63, 3.8) is 0 Å². The fraction of sp³-hybridized carbons (Fsp3) is 0.562. The first-order valence-corrected chi connectivity index (χ1v) is 7.75. The maximum absolute atomic E-state index is 11.8. The average Bonchev–Trinajstić information content (AvgIpc) is 2.47. The first-order chi connectivity index (χ1) is 10.1. The van der Waals surface area contributed by atoms with Crippen LogP contribution in [0.2, 0.25) is 0 Å². The normalized spacial score (nSPS) is 12.2. The number of hydrogen-bond donors (Lipinski definition) is 1. The summed E-state index contributed by atoms with van der Waals surface area (Å²) in [6.07, 6.45) is 2.24. The maximum Gasteiger partial charge on any atom is 0.220 e. The number of methoxy groups -OCH3 is 1. The first-order valence-electron chi connectivity index (χ1n) is 7.21. The van der Waals surface area contributed by atoms with Crippen molar-refractivity contribution in [1.29, 1.82) is 0 Å². The van der Waals surface area contributed by atoms with E-state index in [1.54, 1.807) is 7.11 Å². The summed E-state index contributed by atoms with van der Waals surface area (Å²) in [7, 11) is 5.66. The number of likely N-dealkylation sites (N-methyl/N-ethyl adjacent to an activating group) is 1. The smallest absolute Gasteiger partial charge is 0.220 e. The van der Waals surface area contributed by atoms with Crippen molar-refractivity contribution in [1.82, 2.24) is 10.2 Å². The van der Waals surface area contributed by atoms with Crippen molar-refractivity contribution in [2.75, 3.05) is 33.6 Å². The van der Waals surface area contributed by atoms with Crippen LogP contribution in [0.1, 0.15) is 30.9 Å². The average molecular weight is 313 g/mol. The fourth-order valence-corrected chi connectivity index (χ4v) is 2.32. The number of carbonyl (C=O) groups excluding carboxylic acids is 1. The summed E-state index contributed by atoms with van der Waals surface area (Å²) in [5.74, 6) is 1.51. The molecule has 1 aromatic rings. The highest BCUT2D eigenvalue weighted by Crippen LogP contribution is 2.22. The van der Waals surface area contributed by atoms with E-state index in [0.717, 1.165) is 24.2 Å². The van der Waals surface area contributed by atoms with Crippen molar-refractivity contribution < 1.29 is 9.53 Å². The molecule has 118 valence electrons. The van der Waals surface area contributed by atoms with E-state index in [-0.39, 0.29) is 11.9 Å². The minimum atomic E-state index is 0.0786. The molecule has 21 heavy (non-hydrogen) atoms. The number of alkyl halides is 1. The Morgan fingerprint density at radius 3 is 2.76 bits per heavy atom. The SMILES string of the molecule is COc1cccc(C(CNC(=O)CCCCCl)N(C)C)c1. The third-order valence-corrected chi connectivity index (χ3v) is 3.65. The van der Waals surface area contributed by atoms with Gasteiger partial charge in [0.15, 0.2) is 0 Å². The molecule has 0 bridgehead atoms. The highest BCUT2D eigenvalue weighted by molar-refractivity contribution is 6.17. The zero-order valence-electron chi connectivity index (χ0n) is 13.1. The van der Waals surface area contributed by atoms with E-state index in [1.807, 2.05) is 38.4 Å². The number of nitrogens with one attached hydrogen (secondary N) is 1. The molecule has 1 amide bonds. The van der Waals surface area contributed by atoms with Gasteiger partial charge in [-0.2, -0.15) is 0 Å². The Bertz CT molecular complexity index is 438. The second-order valence-electron chi connectivity index (χ2n) is 5.21. The largest absolute Gasteiger partial charge is 0.497 e. The van der Waals surface area contributed by atoms with Crippen LogP contribution < -0.4 is 10.1 Å². The molecule has 0 aliphatic carbocycles. The molecular weight excluding hydrogens is 288 g/mol. The van der Waals surface area contributed by atoms with Crippen LogP contribution in [0, 0.1) is 0 Å². The van der Waals surface area contributed by atoms with Crippen LogP contribution in [0.15, 0.2) is 24.3 Å². The molecule has 1 aromatic carbocycles. The molecule has 0 fully saturated rings. The van der Waals surface area contributed by atoms with Gasteiger partial charge in [-0.05, 0) is 44.6 Å². The molecule has 0 aliphatic heterocycles. The van der Waals surface area contributed by atoms with Crippen molar-refractivity contribution in [2.45, 2.75) is 25.3 Å². The highest BCUT2D eigenvalue weighted by atomic mass is 35.5. The Hall–Kier alpha value is -1.26. The summed E-state index contributed by atoms with van der Waals surface area (Å²) < 4.78 is 5.26. The molecule has 1 unspecified atom stereocenters. The summed E-state index contributed by atoms with van der Waals surface area (Å²) >= 11 is 5.61. The lowest BCUT2D eigenvalue weighted by Gasteiger charge is -2.25. The van der Waals surface area contributed by atoms with Crippen LogP contribution in [-0.4, -0.2) is 44.4 Å². The monoisotopic (exact) mass is 312 g/mol. The lowest BCUT2D eigenvalue weighted by molar-refractivity contribution is -0.121. The van der Waals surface area contributed by atoms with E-state index >= 15 is 0 Å². The molecule has 0 aliphatic rings. The zero-order valence-corrected chi connectivity index (χ0v) is 13.8. The Balaban J connectivity index is 2.59. The minimum absolute atomic E-state index is 0.0786. The summed E-state index contributed by atoms with van der Waals surface area (Å²) in [5, 5.41) is 2.99. The Labute approximate surface area is 132 Å².